The van der Waals surface area contributed by atoms with Crippen LogP contribution in [0.2, 0.25) is 0 Å². The maximum absolute atomic E-state index is 12.0. The Morgan fingerprint density at radius 1 is 1.53 bits per heavy atom. The van der Waals surface area contributed by atoms with Crippen LogP contribution in [-0.4, -0.2) is 29.2 Å². The summed E-state index contributed by atoms with van der Waals surface area (Å²) >= 11 is 0. The second-order valence-electron chi connectivity index (χ2n) is 5.52. The zero-order valence-electron chi connectivity index (χ0n) is 9.53. The van der Waals surface area contributed by atoms with Crippen molar-refractivity contribution in [2.24, 2.45) is 11.8 Å². The van der Waals surface area contributed by atoms with Crippen LogP contribution in [0.25, 0.3) is 0 Å². The monoisotopic (exact) mass is 209 g/mol. The molecule has 1 saturated carbocycles. The van der Waals surface area contributed by atoms with Gasteiger partial charge in [-0.05, 0) is 25.2 Å². The van der Waals surface area contributed by atoms with Crippen molar-refractivity contribution in [3.05, 3.63) is 0 Å². The number of carbonyl (C=O) groups excluding carboxylic acids is 1. The minimum absolute atomic E-state index is 0.175. The predicted octanol–water partition coefficient (Wildman–Crippen LogP) is 1.77. The molecule has 2 heterocycles. The van der Waals surface area contributed by atoms with Crippen molar-refractivity contribution in [1.29, 1.82) is 0 Å². The van der Waals surface area contributed by atoms with Gasteiger partial charge in [-0.2, -0.15) is 0 Å². The molecular weight excluding hydrogens is 190 g/mol. The molecule has 1 aliphatic carbocycles. The van der Waals surface area contributed by atoms with E-state index in [0.717, 1.165) is 19.4 Å². The molecule has 3 heteroatoms. The van der Waals surface area contributed by atoms with Gasteiger partial charge in [-0.25, -0.2) is 0 Å². The molecule has 0 aromatic carbocycles. The van der Waals surface area contributed by atoms with Gasteiger partial charge >= 0.3 is 0 Å². The van der Waals surface area contributed by atoms with Crippen molar-refractivity contribution in [2.75, 3.05) is 6.61 Å². The van der Waals surface area contributed by atoms with Gasteiger partial charge in [0, 0.05) is 12.3 Å². The number of hydrogen-bond donors (Lipinski definition) is 0. The molecule has 0 bridgehead atoms. The molecular formula is C12H19NO2. The van der Waals surface area contributed by atoms with Crippen molar-refractivity contribution < 1.29 is 9.53 Å². The molecule has 1 spiro atoms. The van der Waals surface area contributed by atoms with E-state index in [9.17, 15) is 4.79 Å². The molecule has 0 N–H and O–H groups in total. The largest absolute Gasteiger partial charge is 0.353 e. The summed E-state index contributed by atoms with van der Waals surface area (Å²) in [5.74, 6) is 1.32. The average Bonchev–Trinajstić information content (AvgIpc) is 2.76. The number of ether oxygens (including phenoxy) is 1. The third-order valence-electron chi connectivity index (χ3n) is 4.43. The normalized spacial score (nSPS) is 43.9. The quantitative estimate of drug-likeness (QED) is 0.658. The average molecular weight is 209 g/mol. The van der Waals surface area contributed by atoms with Crippen LogP contribution < -0.4 is 0 Å². The number of amides is 1. The third kappa shape index (κ3) is 1.07. The standard InChI is InChI=1S/C12H19NO2/c1-8(2)10-7-15-12-5-3-4-9(12)6-11(14)13(10)12/h8-10H,3-7H2,1-2H3/t9-,10+,12+/m0/s1. The molecule has 2 aliphatic heterocycles. The summed E-state index contributed by atoms with van der Waals surface area (Å²) in [7, 11) is 0. The van der Waals surface area contributed by atoms with Gasteiger partial charge in [0.05, 0.1) is 12.6 Å². The third-order valence-corrected chi connectivity index (χ3v) is 4.43. The summed E-state index contributed by atoms with van der Waals surface area (Å²) in [6.07, 6.45) is 4.18. The molecule has 3 atom stereocenters. The SMILES string of the molecule is CC(C)[C@H]1CO[C@]23CCC[C@H]2CC(=O)N13. The Kier molecular flexibility index (Phi) is 1.91. The van der Waals surface area contributed by atoms with Crippen molar-refractivity contribution in [1.82, 2.24) is 4.90 Å². The van der Waals surface area contributed by atoms with E-state index in [4.69, 9.17) is 4.74 Å². The highest BCUT2D eigenvalue weighted by atomic mass is 16.5. The van der Waals surface area contributed by atoms with E-state index in [1.807, 2.05) is 0 Å². The van der Waals surface area contributed by atoms with Crippen LogP contribution in [0.15, 0.2) is 0 Å². The Balaban J connectivity index is 1.96. The van der Waals surface area contributed by atoms with Crippen molar-refractivity contribution >= 4 is 5.91 Å². The van der Waals surface area contributed by atoms with Gasteiger partial charge in [-0.3, -0.25) is 4.79 Å². The fourth-order valence-electron chi connectivity index (χ4n) is 3.65. The molecule has 1 amide bonds. The molecule has 3 fully saturated rings. The molecule has 15 heavy (non-hydrogen) atoms. The van der Waals surface area contributed by atoms with E-state index < -0.39 is 0 Å². The van der Waals surface area contributed by atoms with Gasteiger partial charge in [0.15, 0.2) is 0 Å². The minimum Gasteiger partial charge on any atom is -0.353 e. The molecule has 0 radical (unpaired) electrons. The minimum atomic E-state index is -0.175. The summed E-state index contributed by atoms with van der Waals surface area (Å²) < 4.78 is 6.04. The van der Waals surface area contributed by atoms with E-state index in [1.165, 1.54) is 12.8 Å². The zero-order valence-corrected chi connectivity index (χ0v) is 9.53. The highest BCUT2D eigenvalue weighted by molar-refractivity contribution is 5.81. The lowest BCUT2D eigenvalue weighted by molar-refractivity contribution is -0.140. The first-order valence-corrected chi connectivity index (χ1v) is 6.11. The number of rotatable bonds is 1. The molecule has 84 valence electrons. The fourth-order valence-corrected chi connectivity index (χ4v) is 3.65. The van der Waals surface area contributed by atoms with Crippen LogP contribution in [0.4, 0.5) is 0 Å². The van der Waals surface area contributed by atoms with Crippen molar-refractivity contribution in [3.63, 3.8) is 0 Å². The second kappa shape index (κ2) is 2.97. The lowest BCUT2D eigenvalue weighted by Gasteiger charge is -2.34. The topological polar surface area (TPSA) is 29.5 Å². The van der Waals surface area contributed by atoms with Crippen molar-refractivity contribution in [2.45, 2.75) is 51.3 Å². The van der Waals surface area contributed by atoms with Gasteiger partial charge < -0.3 is 9.64 Å². The number of carbonyl (C=O) groups is 1. The maximum Gasteiger partial charge on any atom is 0.225 e. The van der Waals surface area contributed by atoms with Crippen LogP contribution in [0, 0.1) is 11.8 Å². The molecule has 0 unspecified atom stereocenters. The van der Waals surface area contributed by atoms with Gasteiger partial charge in [0.2, 0.25) is 5.91 Å². The Morgan fingerprint density at radius 2 is 2.33 bits per heavy atom. The van der Waals surface area contributed by atoms with Gasteiger partial charge in [0.25, 0.3) is 0 Å². The van der Waals surface area contributed by atoms with E-state index in [0.29, 0.717) is 23.8 Å². The van der Waals surface area contributed by atoms with E-state index in [2.05, 4.69) is 18.7 Å². The van der Waals surface area contributed by atoms with Crippen LogP contribution in [-0.2, 0) is 9.53 Å². The lowest BCUT2D eigenvalue weighted by Crippen LogP contribution is -2.47. The first-order valence-electron chi connectivity index (χ1n) is 6.11. The Morgan fingerprint density at radius 3 is 3.07 bits per heavy atom. The lowest BCUT2D eigenvalue weighted by atomic mass is 10.00. The summed E-state index contributed by atoms with van der Waals surface area (Å²) in [6.45, 7) is 5.12. The van der Waals surface area contributed by atoms with Gasteiger partial charge in [-0.1, -0.05) is 13.8 Å². The molecule has 3 nitrogen and oxygen atoms in total. The maximum atomic E-state index is 12.0. The van der Waals surface area contributed by atoms with Crippen molar-refractivity contribution in [3.8, 4) is 0 Å². The second-order valence-corrected chi connectivity index (χ2v) is 5.52. The van der Waals surface area contributed by atoms with E-state index in [-0.39, 0.29) is 5.72 Å². The molecule has 3 aliphatic rings. The summed E-state index contributed by atoms with van der Waals surface area (Å²) in [4.78, 5) is 14.1. The summed E-state index contributed by atoms with van der Waals surface area (Å²) in [6, 6.07) is 0.320. The molecule has 3 rings (SSSR count). The number of hydrogen-bond acceptors (Lipinski definition) is 2. The fraction of sp³-hybridized carbons (Fsp3) is 0.917. The van der Waals surface area contributed by atoms with Crippen LogP contribution in [0.5, 0.6) is 0 Å². The van der Waals surface area contributed by atoms with Gasteiger partial charge in [0.1, 0.15) is 5.72 Å². The predicted molar refractivity (Wildman–Crippen MR) is 56.1 cm³/mol. The Labute approximate surface area is 90.8 Å². The smallest absolute Gasteiger partial charge is 0.225 e. The van der Waals surface area contributed by atoms with Gasteiger partial charge in [-0.15, -0.1) is 0 Å². The Hall–Kier alpha value is -0.570. The summed E-state index contributed by atoms with van der Waals surface area (Å²) in [5.41, 5.74) is -0.175. The molecule has 2 saturated heterocycles. The number of nitrogens with zero attached hydrogens (tertiary/aromatic N) is 1. The van der Waals surface area contributed by atoms with Crippen LogP contribution in [0.3, 0.4) is 0 Å². The first-order chi connectivity index (χ1) is 7.15. The highest BCUT2D eigenvalue weighted by Gasteiger charge is 2.62. The molecule has 0 aromatic heterocycles. The highest BCUT2D eigenvalue weighted by Crippen LogP contribution is 2.53. The first kappa shape index (κ1) is 9.64. The van der Waals surface area contributed by atoms with Crippen LogP contribution in [0.1, 0.15) is 39.5 Å². The van der Waals surface area contributed by atoms with E-state index >= 15 is 0 Å². The zero-order chi connectivity index (χ0) is 10.6. The Bertz CT molecular complexity index is 302. The summed E-state index contributed by atoms with van der Waals surface area (Å²) in [5, 5.41) is 0. The van der Waals surface area contributed by atoms with Crippen LogP contribution >= 0.6 is 0 Å². The molecule has 0 aromatic rings. The van der Waals surface area contributed by atoms with E-state index in [1.54, 1.807) is 0 Å².